The van der Waals surface area contributed by atoms with Gasteiger partial charge in [-0.2, -0.15) is 0 Å². The predicted molar refractivity (Wildman–Crippen MR) is 66.5 cm³/mol. The zero-order valence-electron chi connectivity index (χ0n) is 10.2. The first-order chi connectivity index (χ1) is 8.24. The molecule has 2 heterocycles. The van der Waals surface area contributed by atoms with Gasteiger partial charge < -0.3 is 10.6 Å². The molecule has 4 heteroatoms. The molecule has 1 saturated heterocycles. The van der Waals surface area contributed by atoms with E-state index in [0.29, 0.717) is 18.2 Å². The van der Waals surface area contributed by atoms with E-state index in [1.165, 1.54) is 0 Å². The van der Waals surface area contributed by atoms with E-state index in [2.05, 4.69) is 11.9 Å². The predicted octanol–water partition coefficient (Wildman–Crippen LogP) is 1.28. The van der Waals surface area contributed by atoms with E-state index < -0.39 is 0 Å². The zero-order valence-corrected chi connectivity index (χ0v) is 10.2. The highest BCUT2D eigenvalue weighted by molar-refractivity contribution is 5.92. The van der Waals surface area contributed by atoms with Gasteiger partial charge in [-0.1, -0.05) is 13.0 Å². The first-order valence-electron chi connectivity index (χ1n) is 6.16. The first kappa shape index (κ1) is 12.0. The summed E-state index contributed by atoms with van der Waals surface area (Å²) in [5.74, 6) is 0.481. The number of carbonyl (C=O) groups excluding carboxylic acids is 1. The average Bonchev–Trinajstić information content (AvgIpc) is 2.38. The molecule has 2 rings (SSSR count). The Hall–Kier alpha value is -1.42. The maximum Gasteiger partial charge on any atom is 0.272 e. The highest BCUT2D eigenvalue weighted by atomic mass is 16.2. The Morgan fingerprint density at radius 3 is 3.06 bits per heavy atom. The highest BCUT2D eigenvalue weighted by Crippen LogP contribution is 2.23. The molecule has 1 aromatic rings. The first-order valence-corrected chi connectivity index (χ1v) is 6.16. The lowest BCUT2D eigenvalue weighted by Crippen LogP contribution is -2.51. The van der Waals surface area contributed by atoms with E-state index in [1.807, 2.05) is 17.0 Å². The molecule has 0 aromatic carbocycles. The Morgan fingerprint density at radius 1 is 1.59 bits per heavy atom. The standard InChI is InChI=1S/C13H19N3O/c1-10-5-4-8-16(12(10)9-14)13(17)11-6-2-3-7-15-11/h2-3,6-7,10,12H,4-5,8-9,14H2,1H3/t10-,12+/m1/s1. The van der Waals surface area contributed by atoms with Gasteiger partial charge in [-0.3, -0.25) is 9.78 Å². The van der Waals surface area contributed by atoms with Crippen molar-refractivity contribution in [2.45, 2.75) is 25.8 Å². The molecule has 2 N–H and O–H groups in total. The quantitative estimate of drug-likeness (QED) is 0.837. The summed E-state index contributed by atoms with van der Waals surface area (Å²) in [5, 5.41) is 0. The molecule has 92 valence electrons. The maximum absolute atomic E-state index is 12.3. The molecule has 0 bridgehead atoms. The minimum Gasteiger partial charge on any atom is -0.333 e. The van der Waals surface area contributed by atoms with Crippen LogP contribution in [-0.4, -0.2) is 34.9 Å². The van der Waals surface area contributed by atoms with Crippen molar-refractivity contribution in [2.75, 3.05) is 13.1 Å². The lowest BCUT2D eigenvalue weighted by Gasteiger charge is -2.39. The van der Waals surface area contributed by atoms with Crippen LogP contribution in [0.4, 0.5) is 0 Å². The number of nitrogens with zero attached hydrogens (tertiary/aromatic N) is 2. The lowest BCUT2D eigenvalue weighted by molar-refractivity contribution is 0.0526. The Bertz CT molecular complexity index is 380. The van der Waals surface area contributed by atoms with Crippen LogP contribution in [0.25, 0.3) is 0 Å². The van der Waals surface area contributed by atoms with E-state index in [4.69, 9.17) is 5.73 Å². The molecule has 0 unspecified atom stereocenters. The van der Waals surface area contributed by atoms with Gasteiger partial charge in [0.1, 0.15) is 5.69 Å². The fourth-order valence-electron chi connectivity index (χ4n) is 2.50. The van der Waals surface area contributed by atoms with E-state index in [1.54, 1.807) is 12.3 Å². The van der Waals surface area contributed by atoms with Crippen LogP contribution in [0.2, 0.25) is 0 Å². The van der Waals surface area contributed by atoms with Crippen molar-refractivity contribution in [3.05, 3.63) is 30.1 Å². The Morgan fingerprint density at radius 2 is 2.41 bits per heavy atom. The molecule has 0 aliphatic carbocycles. The van der Waals surface area contributed by atoms with Gasteiger partial charge in [-0.25, -0.2) is 0 Å². The molecular weight excluding hydrogens is 214 g/mol. The summed E-state index contributed by atoms with van der Waals surface area (Å²) in [6.45, 7) is 3.48. The zero-order chi connectivity index (χ0) is 12.3. The van der Waals surface area contributed by atoms with Crippen LogP contribution in [0.15, 0.2) is 24.4 Å². The van der Waals surface area contributed by atoms with Crippen LogP contribution in [0, 0.1) is 5.92 Å². The summed E-state index contributed by atoms with van der Waals surface area (Å²) in [5.41, 5.74) is 6.30. The van der Waals surface area contributed by atoms with Gasteiger partial charge in [0.2, 0.25) is 0 Å². The fraction of sp³-hybridized carbons (Fsp3) is 0.538. The Labute approximate surface area is 102 Å². The maximum atomic E-state index is 12.3. The average molecular weight is 233 g/mol. The van der Waals surface area contributed by atoms with Crippen LogP contribution in [-0.2, 0) is 0 Å². The second-order valence-electron chi connectivity index (χ2n) is 4.64. The molecule has 1 amide bonds. The van der Waals surface area contributed by atoms with Crippen molar-refractivity contribution in [2.24, 2.45) is 11.7 Å². The van der Waals surface area contributed by atoms with Crippen molar-refractivity contribution >= 4 is 5.91 Å². The van der Waals surface area contributed by atoms with Crippen molar-refractivity contribution in [1.82, 2.24) is 9.88 Å². The van der Waals surface area contributed by atoms with Gasteiger partial charge in [0.05, 0.1) is 0 Å². The molecule has 4 nitrogen and oxygen atoms in total. The molecule has 0 radical (unpaired) electrons. The topological polar surface area (TPSA) is 59.2 Å². The van der Waals surface area contributed by atoms with Gasteiger partial charge in [-0.05, 0) is 30.9 Å². The molecular formula is C13H19N3O. The molecule has 1 aromatic heterocycles. The van der Waals surface area contributed by atoms with E-state index >= 15 is 0 Å². The Balaban J connectivity index is 2.18. The molecule has 0 spiro atoms. The van der Waals surface area contributed by atoms with Gasteiger partial charge in [-0.15, -0.1) is 0 Å². The smallest absolute Gasteiger partial charge is 0.272 e. The van der Waals surface area contributed by atoms with Crippen LogP contribution in [0.3, 0.4) is 0 Å². The second kappa shape index (κ2) is 5.27. The Kier molecular flexibility index (Phi) is 3.74. The monoisotopic (exact) mass is 233 g/mol. The van der Waals surface area contributed by atoms with Crippen molar-refractivity contribution < 1.29 is 4.79 Å². The van der Waals surface area contributed by atoms with Gasteiger partial charge in [0.15, 0.2) is 0 Å². The van der Waals surface area contributed by atoms with E-state index in [0.717, 1.165) is 19.4 Å². The number of carbonyl (C=O) groups is 1. The molecule has 17 heavy (non-hydrogen) atoms. The molecule has 1 aliphatic rings. The van der Waals surface area contributed by atoms with E-state index in [9.17, 15) is 4.79 Å². The van der Waals surface area contributed by atoms with Crippen molar-refractivity contribution in [3.8, 4) is 0 Å². The van der Waals surface area contributed by atoms with Crippen molar-refractivity contribution in [1.29, 1.82) is 0 Å². The summed E-state index contributed by atoms with van der Waals surface area (Å²) in [7, 11) is 0. The summed E-state index contributed by atoms with van der Waals surface area (Å²) in [6, 6.07) is 5.56. The SMILES string of the molecule is C[C@@H]1CCCN(C(=O)c2ccccn2)[C@H]1CN. The number of aromatic nitrogens is 1. The van der Waals surface area contributed by atoms with Gasteiger partial charge in [0.25, 0.3) is 5.91 Å². The largest absolute Gasteiger partial charge is 0.333 e. The number of likely N-dealkylation sites (tertiary alicyclic amines) is 1. The van der Waals surface area contributed by atoms with Crippen LogP contribution >= 0.6 is 0 Å². The number of piperidine rings is 1. The second-order valence-corrected chi connectivity index (χ2v) is 4.64. The number of nitrogens with two attached hydrogens (primary N) is 1. The minimum absolute atomic E-state index is 0.00704. The minimum atomic E-state index is 0.00704. The van der Waals surface area contributed by atoms with Crippen LogP contribution in [0.5, 0.6) is 0 Å². The number of amides is 1. The third kappa shape index (κ3) is 2.47. The fourth-order valence-corrected chi connectivity index (χ4v) is 2.50. The number of pyridine rings is 1. The molecule has 1 aliphatic heterocycles. The van der Waals surface area contributed by atoms with Crippen LogP contribution < -0.4 is 5.73 Å². The summed E-state index contributed by atoms with van der Waals surface area (Å²) in [6.07, 6.45) is 3.85. The molecule has 0 saturated carbocycles. The highest BCUT2D eigenvalue weighted by Gasteiger charge is 2.31. The molecule has 1 fully saturated rings. The number of hydrogen-bond donors (Lipinski definition) is 1. The third-order valence-corrected chi connectivity index (χ3v) is 3.50. The van der Waals surface area contributed by atoms with Gasteiger partial charge >= 0.3 is 0 Å². The van der Waals surface area contributed by atoms with Gasteiger partial charge in [0, 0.05) is 25.3 Å². The van der Waals surface area contributed by atoms with Crippen LogP contribution in [0.1, 0.15) is 30.3 Å². The third-order valence-electron chi connectivity index (χ3n) is 3.50. The molecule has 2 atom stereocenters. The number of hydrogen-bond acceptors (Lipinski definition) is 3. The summed E-state index contributed by atoms with van der Waals surface area (Å²) < 4.78 is 0. The summed E-state index contributed by atoms with van der Waals surface area (Å²) >= 11 is 0. The number of rotatable bonds is 2. The van der Waals surface area contributed by atoms with E-state index in [-0.39, 0.29) is 11.9 Å². The summed E-state index contributed by atoms with van der Waals surface area (Å²) in [4.78, 5) is 18.3. The van der Waals surface area contributed by atoms with Crippen molar-refractivity contribution in [3.63, 3.8) is 0 Å². The normalized spacial score (nSPS) is 24.7. The lowest BCUT2D eigenvalue weighted by atomic mass is 9.90.